The van der Waals surface area contributed by atoms with Crippen molar-refractivity contribution in [3.63, 3.8) is 0 Å². The van der Waals surface area contributed by atoms with Crippen LogP contribution in [0.5, 0.6) is 0 Å². The van der Waals surface area contributed by atoms with Crippen LogP contribution in [0, 0.1) is 0 Å². The standard InChI is InChI=1S/C15H21N3O/c1-17-14(15(16)7-8-15)11-3-5-12-10(9-11)4-6-13(19)18(12)2/h3,5,9,14,17H,4,6-8,16H2,1-2H3. The number of hydrogen-bond acceptors (Lipinski definition) is 3. The lowest BCUT2D eigenvalue weighted by molar-refractivity contribution is -0.118. The molecule has 4 nitrogen and oxygen atoms in total. The molecule has 19 heavy (non-hydrogen) atoms. The second-order valence-corrected chi connectivity index (χ2v) is 5.80. The molecule has 1 atom stereocenters. The molecular formula is C15H21N3O. The van der Waals surface area contributed by atoms with E-state index in [1.807, 2.05) is 14.1 Å². The third-order valence-electron chi connectivity index (χ3n) is 4.47. The Hall–Kier alpha value is -1.39. The Bertz CT molecular complexity index is 522. The summed E-state index contributed by atoms with van der Waals surface area (Å²) in [7, 11) is 3.81. The van der Waals surface area contributed by atoms with Crippen LogP contribution in [0.2, 0.25) is 0 Å². The molecule has 1 heterocycles. The topological polar surface area (TPSA) is 58.4 Å². The third kappa shape index (κ3) is 2.05. The number of hydrogen-bond donors (Lipinski definition) is 2. The number of nitrogens with zero attached hydrogens (tertiary/aromatic N) is 1. The van der Waals surface area contributed by atoms with Gasteiger partial charge in [0.15, 0.2) is 0 Å². The number of amides is 1. The van der Waals surface area contributed by atoms with Crippen molar-refractivity contribution in [2.45, 2.75) is 37.3 Å². The normalized spacial score (nSPS) is 22.1. The summed E-state index contributed by atoms with van der Waals surface area (Å²) in [6, 6.07) is 6.58. The Kier molecular flexibility index (Phi) is 2.87. The lowest BCUT2D eigenvalue weighted by Gasteiger charge is -2.29. The molecule has 0 radical (unpaired) electrons. The van der Waals surface area contributed by atoms with E-state index in [2.05, 4.69) is 23.5 Å². The second kappa shape index (κ2) is 4.32. The molecule has 1 fully saturated rings. The lowest BCUT2D eigenvalue weighted by Crippen LogP contribution is -2.38. The number of nitrogens with one attached hydrogen (secondary N) is 1. The zero-order chi connectivity index (χ0) is 13.6. The van der Waals surface area contributed by atoms with Crippen molar-refractivity contribution < 1.29 is 4.79 Å². The Balaban J connectivity index is 1.95. The van der Waals surface area contributed by atoms with Crippen molar-refractivity contribution in [1.82, 2.24) is 5.32 Å². The minimum atomic E-state index is -0.0840. The number of aryl methyl sites for hydroxylation is 1. The van der Waals surface area contributed by atoms with Gasteiger partial charge in [0, 0.05) is 24.7 Å². The summed E-state index contributed by atoms with van der Waals surface area (Å²) >= 11 is 0. The molecule has 1 saturated carbocycles. The first-order chi connectivity index (χ1) is 9.05. The van der Waals surface area contributed by atoms with E-state index in [1.54, 1.807) is 4.90 Å². The summed E-state index contributed by atoms with van der Waals surface area (Å²) in [5.74, 6) is 0.197. The molecule has 3 N–H and O–H groups in total. The molecular weight excluding hydrogens is 238 g/mol. The molecule has 1 amide bonds. The maximum atomic E-state index is 11.7. The maximum absolute atomic E-state index is 11.7. The molecule has 1 aliphatic heterocycles. The van der Waals surface area contributed by atoms with Crippen molar-refractivity contribution in [3.8, 4) is 0 Å². The smallest absolute Gasteiger partial charge is 0.227 e. The molecule has 0 bridgehead atoms. The number of anilines is 1. The van der Waals surface area contributed by atoms with Gasteiger partial charge >= 0.3 is 0 Å². The summed E-state index contributed by atoms with van der Waals surface area (Å²) in [5, 5.41) is 3.34. The van der Waals surface area contributed by atoms with Crippen LogP contribution in [0.1, 0.15) is 36.4 Å². The van der Waals surface area contributed by atoms with Crippen LogP contribution in [-0.4, -0.2) is 25.5 Å². The summed E-state index contributed by atoms with van der Waals surface area (Å²) in [5.41, 5.74) is 9.78. The Morgan fingerprint density at radius 3 is 2.74 bits per heavy atom. The van der Waals surface area contributed by atoms with Crippen LogP contribution < -0.4 is 16.0 Å². The summed E-state index contributed by atoms with van der Waals surface area (Å²) in [6.45, 7) is 0. The van der Waals surface area contributed by atoms with Gasteiger partial charge in [0.1, 0.15) is 0 Å². The quantitative estimate of drug-likeness (QED) is 0.861. The van der Waals surface area contributed by atoms with E-state index in [-0.39, 0.29) is 17.5 Å². The Labute approximate surface area is 114 Å². The monoisotopic (exact) mass is 259 g/mol. The van der Waals surface area contributed by atoms with Crippen molar-refractivity contribution in [1.29, 1.82) is 0 Å². The van der Waals surface area contributed by atoms with Gasteiger partial charge in [-0.1, -0.05) is 12.1 Å². The van der Waals surface area contributed by atoms with Gasteiger partial charge in [-0.25, -0.2) is 0 Å². The van der Waals surface area contributed by atoms with Gasteiger partial charge in [0.2, 0.25) is 5.91 Å². The van der Waals surface area contributed by atoms with Gasteiger partial charge in [-0.3, -0.25) is 4.79 Å². The predicted octanol–water partition coefficient (Wildman–Crippen LogP) is 1.35. The molecule has 0 aromatic heterocycles. The van der Waals surface area contributed by atoms with Crippen molar-refractivity contribution >= 4 is 11.6 Å². The van der Waals surface area contributed by atoms with Gasteiger partial charge in [-0.15, -0.1) is 0 Å². The molecule has 0 spiro atoms. The van der Waals surface area contributed by atoms with Crippen LogP contribution in [0.15, 0.2) is 18.2 Å². The molecule has 4 heteroatoms. The number of benzene rings is 1. The molecule has 1 aromatic carbocycles. The zero-order valence-corrected chi connectivity index (χ0v) is 11.6. The van der Waals surface area contributed by atoms with Gasteiger partial charge in [-0.05, 0) is 43.5 Å². The molecule has 0 saturated heterocycles. The van der Waals surface area contributed by atoms with E-state index in [1.165, 1.54) is 11.1 Å². The van der Waals surface area contributed by atoms with E-state index < -0.39 is 0 Å². The Morgan fingerprint density at radius 2 is 2.11 bits per heavy atom. The first-order valence-corrected chi connectivity index (χ1v) is 6.91. The zero-order valence-electron chi connectivity index (χ0n) is 11.6. The highest BCUT2D eigenvalue weighted by Gasteiger charge is 2.45. The van der Waals surface area contributed by atoms with Gasteiger partial charge in [0.25, 0.3) is 0 Å². The van der Waals surface area contributed by atoms with E-state index in [9.17, 15) is 4.79 Å². The van der Waals surface area contributed by atoms with Crippen LogP contribution >= 0.6 is 0 Å². The highest BCUT2D eigenvalue weighted by Crippen LogP contribution is 2.44. The van der Waals surface area contributed by atoms with E-state index >= 15 is 0 Å². The minimum absolute atomic E-state index is 0.0840. The van der Waals surface area contributed by atoms with Crippen LogP contribution in [0.4, 0.5) is 5.69 Å². The van der Waals surface area contributed by atoms with E-state index in [0.29, 0.717) is 6.42 Å². The van der Waals surface area contributed by atoms with Crippen LogP contribution in [0.25, 0.3) is 0 Å². The highest BCUT2D eigenvalue weighted by molar-refractivity contribution is 5.95. The first-order valence-electron chi connectivity index (χ1n) is 6.91. The van der Waals surface area contributed by atoms with Crippen LogP contribution in [-0.2, 0) is 11.2 Å². The van der Waals surface area contributed by atoms with E-state index in [4.69, 9.17) is 5.73 Å². The lowest BCUT2D eigenvalue weighted by atomic mass is 9.92. The van der Waals surface area contributed by atoms with Gasteiger partial charge in [0.05, 0.1) is 6.04 Å². The Morgan fingerprint density at radius 1 is 1.37 bits per heavy atom. The fraction of sp³-hybridized carbons (Fsp3) is 0.533. The molecule has 1 aromatic rings. The largest absolute Gasteiger partial charge is 0.323 e. The number of fused-ring (bicyclic) bond motifs is 1. The molecule has 102 valence electrons. The average molecular weight is 259 g/mol. The van der Waals surface area contributed by atoms with Crippen molar-refractivity contribution in [3.05, 3.63) is 29.3 Å². The maximum Gasteiger partial charge on any atom is 0.227 e. The number of carbonyl (C=O) groups is 1. The SMILES string of the molecule is CNC(c1ccc2c(c1)CCC(=O)N2C)C1(N)CC1. The number of rotatable bonds is 3. The van der Waals surface area contributed by atoms with Crippen LogP contribution in [0.3, 0.4) is 0 Å². The van der Waals surface area contributed by atoms with Crippen molar-refractivity contribution in [2.75, 3.05) is 19.0 Å². The number of nitrogens with two attached hydrogens (primary N) is 1. The first kappa shape index (κ1) is 12.6. The number of carbonyl (C=O) groups excluding carboxylic acids is 1. The van der Waals surface area contributed by atoms with Gasteiger partial charge < -0.3 is 16.0 Å². The summed E-state index contributed by atoms with van der Waals surface area (Å²) in [6.07, 6.45) is 3.59. The minimum Gasteiger partial charge on any atom is -0.323 e. The van der Waals surface area contributed by atoms with Gasteiger partial charge in [-0.2, -0.15) is 0 Å². The number of likely N-dealkylation sites (N-methyl/N-ethyl adjacent to an activating group) is 1. The predicted molar refractivity (Wildman–Crippen MR) is 76.1 cm³/mol. The summed E-state index contributed by atoms with van der Waals surface area (Å²) < 4.78 is 0. The van der Waals surface area contributed by atoms with Crippen molar-refractivity contribution in [2.24, 2.45) is 5.73 Å². The highest BCUT2D eigenvalue weighted by atomic mass is 16.2. The average Bonchev–Trinajstić information content (AvgIpc) is 3.13. The fourth-order valence-corrected chi connectivity index (χ4v) is 3.08. The molecule has 1 unspecified atom stereocenters. The molecule has 2 aliphatic rings. The molecule has 3 rings (SSSR count). The van der Waals surface area contributed by atoms with E-state index in [0.717, 1.165) is 24.9 Å². The fourth-order valence-electron chi connectivity index (χ4n) is 3.08. The summed E-state index contributed by atoms with van der Waals surface area (Å²) in [4.78, 5) is 13.5. The molecule has 1 aliphatic carbocycles. The second-order valence-electron chi connectivity index (χ2n) is 5.80. The third-order valence-corrected chi connectivity index (χ3v) is 4.47.